The van der Waals surface area contributed by atoms with Gasteiger partial charge in [0.25, 0.3) is 5.56 Å². The number of carbonyl (C=O) groups excluding carboxylic acids is 1. The Kier molecular flexibility index (Phi) is 5.54. The molecule has 0 bridgehead atoms. The van der Waals surface area contributed by atoms with Gasteiger partial charge in [0.1, 0.15) is 5.75 Å². The van der Waals surface area contributed by atoms with Crippen molar-refractivity contribution in [2.45, 2.75) is 32.9 Å². The van der Waals surface area contributed by atoms with Crippen LogP contribution in [-0.4, -0.2) is 22.8 Å². The number of aromatic nitrogens is 2. The summed E-state index contributed by atoms with van der Waals surface area (Å²) in [6.45, 7) is 4.22. The van der Waals surface area contributed by atoms with Gasteiger partial charge in [0.15, 0.2) is 0 Å². The Morgan fingerprint density at radius 2 is 1.78 bits per heavy atom. The number of nitrogens with one attached hydrogen (secondary N) is 1. The second-order valence-corrected chi connectivity index (χ2v) is 6.64. The van der Waals surface area contributed by atoms with Gasteiger partial charge < -0.3 is 10.1 Å². The molecule has 1 aromatic heterocycles. The van der Waals surface area contributed by atoms with Crippen LogP contribution in [0.15, 0.2) is 53.3 Å². The van der Waals surface area contributed by atoms with Crippen LogP contribution in [0.25, 0.3) is 10.8 Å². The summed E-state index contributed by atoms with van der Waals surface area (Å²) in [5.74, 6) is 0.633. The van der Waals surface area contributed by atoms with Gasteiger partial charge in [-0.2, -0.15) is 5.10 Å². The molecule has 0 saturated heterocycles. The molecule has 0 unspecified atom stereocenters. The standard InChI is InChI=1S/C21H23N3O3/c1-14(2)24-21(26)18-7-5-4-6-17(18)19(23-24)12-20(25)22-13-15-8-10-16(27-3)11-9-15/h4-11,14H,12-13H2,1-3H3,(H,22,25). The Morgan fingerprint density at radius 1 is 1.11 bits per heavy atom. The Bertz CT molecular complexity index is 1010. The molecule has 0 saturated carbocycles. The number of hydrogen-bond donors (Lipinski definition) is 1. The Balaban J connectivity index is 1.79. The molecule has 6 heteroatoms. The molecule has 3 aromatic rings. The molecule has 1 heterocycles. The Hall–Kier alpha value is -3.15. The van der Waals surface area contributed by atoms with Crippen LogP contribution < -0.4 is 15.6 Å². The maximum absolute atomic E-state index is 12.6. The van der Waals surface area contributed by atoms with E-state index in [4.69, 9.17) is 4.74 Å². The maximum Gasteiger partial charge on any atom is 0.274 e. The lowest BCUT2D eigenvalue weighted by atomic mass is 10.1. The fraction of sp³-hybridized carbons (Fsp3) is 0.286. The maximum atomic E-state index is 12.6. The number of amides is 1. The summed E-state index contributed by atoms with van der Waals surface area (Å²) >= 11 is 0. The number of rotatable bonds is 6. The third kappa shape index (κ3) is 4.16. The lowest BCUT2D eigenvalue weighted by Gasteiger charge is -2.13. The van der Waals surface area contributed by atoms with E-state index in [-0.39, 0.29) is 23.9 Å². The van der Waals surface area contributed by atoms with Gasteiger partial charge in [-0.25, -0.2) is 4.68 Å². The minimum atomic E-state index is -0.141. The van der Waals surface area contributed by atoms with E-state index in [0.29, 0.717) is 17.6 Å². The van der Waals surface area contributed by atoms with E-state index in [1.165, 1.54) is 4.68 Å². The average molecular weight is 365 g/mol. The first-order valence-electron chi connectivity index (χ1n) is 8.89. The third-order valence-corrected chi connectivity index (χ3v) is 4.37. The van der Waals surface area contributed by atoms with Crippen molar-refractivity contribution in [2.24, 2.45) is 0 Å². The number of carbonyl (C=O) groups is 1. The lowest BCUT2D eigenvalue weighted by molar-refractivity contribution is -0.120. The molecule has 0 fully saturated rings. The molecule has 3 rings (SSSR count). The van der Waals surface area contributed by atoms with E-state index in [0.717, 1.165) is 16.7 Å². The van der Waals surface area contributed by atoms with Gasteiger partial charge >= 0.3 is 0 Å². The minimum Gasteiger partial charge on any atom is -0.497 e. The number of hydrogen-bond acceptors (Lipinski definition) is 4. The minimum absolute atomic E-state index is 0.0804. The molecule has 27 heavy (non-hydrogen) atoms. The summed E-state index contributed by atoms with van der Waals surface area (Å²) in [6, 6.07) is 14.7. The van der Waals surface area contributed by atoms with Crippen molar-refractivity contribution in [3.8, 4) is 5.75 Å². The summed E-state index contributed by atoms with van der Waals surface area (Å²) < 4.78 is 6.57. The first-order chi connectivity index (χ1) is 13.0. The molecule has 0 spiro atoms. The Morgan fingerprint density at radius 3 is 2.41 bits per heavy atom. The number of methoxy groups -OCH3 is 1. The summed E-state index contributed by atoms with van der Waals surface area (Å²) in [4.78, 5) is 25.0. The molecule has 1 amide bonds. The van der Waals surface area contributed by atoms with E-state index in [9.17, 15) is 9.59 Å². The molecule has 0 radical (unpaired) electrons. The number of ether oxygens (including phenoxy) is 1. The van der Waals surface area contributed by atoms with E-state index >= 15 is 0 Å². The summed E-state index contributed by atoms with van der Waals surface area (Å²) in [5, 5.41) is 8.65. The predicted molar refractivity (Wildman–Crippen MR) is 105 cm³/mol. The molecule has 140 valence electrons. The van der Waals surface area contributed by atoms with E-state index in [2.05, 4.69) is 10.4 Å². The van der Waals surface area contributed by atoms with Crippen molar-refractivity contribution >= 4 is 16.7 Å². The van der Waals surface area contributed by atoms with Crippen molar-refractivity contribution in [1.82, 2.24) is 15.1 Å². The van der Waals surface area contributed by atoms with Gasteiger partial charge in [0.2, 0.25) is 5.91 Å². The first-order valence-corrected chi connectivity index (χ1v) is 8.89. The third-order valence-electron chi connectivity index (χ3n) is 4.37. The van der Waals surface area contributed by atoms with Crippen LogP contribution in [0.5, 0.6) is 5.75 Å². The van der Waals surface area contributed by atoms with Gasteiger partial charge in [-0.1, -0.05) is 30.3 Å². The van der Waals surface area contributed by atoms with Crippen LogP contribution in [0, 0.1) is 0 Å². The largest absolute Gasteiger partial charge is 0.497 e. The lowest BCUT2D eigenvalue weighted by Crippen LogP contribution is -2.29. The van der Waals surface area contributed by atoms with E-state index in [1.807, 2.05) is 56.3 Å². The zero-order valence-corrected chi connectivity index (χ0v) is 15.7. The summed E-state index contributed by atoms with van der Waals surface area (Å²) in [7, 11) is 1.62. The van der Waals surface area contributed by atoms with E-state index < -0.39 is 0 Å². The van der Waals surface area contributed by atoms with Crippen LogP contribution in [0.2, 0.25) is 0 Å². The van der Waals surface area contributed by atoms with Crippen LogP contribution in [0.3, 0.4) is 0 Å². The highest BCUT2D eigenvalue weighted by molar-refractivity contribution is 5.88. The van der Waals surface area contributed by atoms with Gasteiger partial charge in [0.05, 0.1) is 30.7 Å². The van der Waals surface area contributed by atoms with Crippen LogP contribution in [0.1, 0.15) is 31.1 Å². The average Bonchev–Trinajstić information content (AvgIpc) is 2.68. The highest BCUT2D eigenvalue weighted by atomic mass is 16.5. The van der Waals surface area contributed by atoms with Crippen LogP contribution in [0.4, 0.5) is 0 Å². The molecule has 2 aromatic carbocycles. The monoisotopic (exact) mass is 365 g/mol. The smallest absolute Gasteiger partial charge is 0.274 e. The highest BCUT2D eigenvalue weighted by Gasteiger charge is 2.14. The fourth-order valence-electron chi connectivity index (χ4n) is 2.91. The molecule has 0 atom stereocenters. The van der Waals surface area contributed by atoms with Crippen molar-refractivity contribution < 1.29 is 9.53 Å². The number of benzene rings is 2. The molecule has 0 aliphatic rings. The van der Waals surface area contributed by atoms with Crippen molar-refractivity contribution in [2.75, 3.05) is 7.11 Å². The second-order valence-electron chi connectivity index (χ2n) is 6.64. The molecule has 0 aliphatic heterocycles. The number of fused-ring (bicyclic) bond motifs is 1. The van der Waals surface area contributed by atoms with Crippen molar-refractivity contribution in [3.05, 3.63) is 70.1 Å². The zero-order valence-electron chi connectivity index (χ0n) is 15.7. The topological polar surface area (TPSA) is 73.2 Å². The number of nitrogens with zero attached hydrogens (tertiary/aromatic N) is 2. The zero-order chi connectivity index (χ0) is 19.4. The predicted octanol–water partition coefficient (Wildman–Crippen LogP) is 2.84. The normalized spacial score (nSPS) is 11.0. The summed E-state index contributed by atoms with van der Waals surface area (Å²) in [5.41, 5.74) is 1.45. The van der Waals surface area contributed by atoms with Gasteiger partial charge in [-0.3, -0.25) is 9.59 Å². The molecule has 1 N–H and O–H groups in total. The SMILES string of the molecule is COc1ccc(CNC(=O)Cc2nn(C(C)C)c(=O)c3ccccc23)cc1. The van der Waals surface area contributed by atoms with Gasteiger partial charge in [-0.05, 0) is 37.6 Å². The quantitative estimate of drug-likeness (QED) is 0.729. The fourth-order valence-corrected chi connectivity index (χ4v) is 2.91. The van der Waals surface area contributed by atoms with Crippen molar-refractivity contribution in [3.63, 3.8) is 0 Å². The first kappa shape index (κ1) is 18.6. The van der Waals surface area contributed by atoms with Gasteiger partial charge in [-0.15, -0.1) is 0 Å². The van der Waals surface area contributed by atoms with Crippen LogP contribution >= 0.6 is 0 Å². The summed E-state index contributed by atoms with van der Waals surface area (Å²) in [6.07, 6.45) is 0.115. The van der Waals surface area contributed by atoms with Crippen LogP contribution in [-0.2, 0) is 17.8 Å². The van der Waals surface area contributed by atoms with Gasteiger partial charge in [0, 0.05) is 11.9 Å². The molecular weight excluding hydrogens is 342 g/mol. The van der Waals surface area contributed by atoms with E-state index in [1.54, 1.807) is 13.2 Å². The Labute approximate surface area is 157 Å². The molecular formula is C21H23N3O3. The second kappa shape index (κ2) is 8.03. The molecule has 0 aliphatic carbocycles. The highest BCUT2D eigenvalue weighted by Crippen LogP contribution is 2.15. The molecule has 6 nitrogen and oxygen atoms in total. The van der Waals surface area contributed by atoms with Crippen molar-refractivity contribution in [1.29, 1.82) is 0 Å².